The summed E-state index contributed by atoms with van der Waals surface area (Å²) in [5.41, 5.74) is 3.70. The number of hydrogen-bond donors (Lipinski definition) is 0. The number of benzene rings is 1. The number of rotatable bonds is 1. The monoisotopic (exact) mass is 230 g/mol. The second kappa shape index (κ2) is 5.90. The van der Waals surface area contributed by atoms with Gasteiger partial charge < -0.3 is 0 Å². The molecule has 0 bridgehead atoms. The lowest BCUT2D eigenvalue weighted by molar-refractivity contribution is 0.108. The lowest BCUT2D eigenvalue weighted by Crippen LogP contribution is -1.98. The zero-order valence-electron chi connectivity index (χ0n) is 8.35. The number of carbonyl (C=O) groups excluding carboxylic acids is 1. The fourth-order valence-corrected chi connectivity index (χ4v) is 1.79. The van der Waals surface area contributed by atoms with Gasteiger partial charge in [-0.15, -0.1) is 0 Å². The minimum atomic E-state index is -0.370. The lowest BCUT2D eigenvalue weighted by Gasteiger charge is -2.05. The van der Waals surface area contributed by atoms with E-state index in [1.807, 2.05) is 32.9 Å². The summed E-state index contributed by atoms with van der Waals surface area (Å²) in [4.78, 5) is 11.0. The summed E-state index contributed by atoms with van der Waals surface area (Å²) in [5, 5.41) is -0.370. The standard InChI is InChI=1S/C10H11ClO.HOP/c1-6-4-7(2)9(10(11)12)8(3)5-6;1-2/h4-5H,1-3H3;2H. The van der Waals surface area contributed by atoms with Gasteiger partial charge in [-0.3, -0.25) is 9.36 Å². The Labute approximate surface area is 90.9 Å². The van der Waals surface area contributed by atoms with Crippen LogP contribution in [0.3, 0.4) is 0 Å². The first-order valence-electron chi connectivity index (χ1n) is 4.00. The first-order chi connectivity index (χ1) is 6.52. The van der Waals surface area contributed by atoms with Crippen molar-refractivity contribution < 1.29 is 9.36 Å². The smallest absolute Gasteiger partial charge is 0.252 e. The minimum absolute atomic E-state index is 0.370. The molecular formula is C10H12ClO2P. The Kier molecular flexibility index (Phi) is 5.59. The molecule has 0 unspecified atom stereocenters. The molecule has 0 atom stereocenters. The maximum Gasteiger partial charge on any atom is 0.252 e. The Bertz CT molecular complexity index is 327. The molecule has 1 aromatic carbocycles. The van der Waals surface area contributed by atoms with Crippen molar-refractivity contribution >= 4 is 26.0 Å². The van der Waals surface area contributed by atoms with Crippen LogP contribution in [0, 0.1) is 20.8 Å². The van der Waals surface area contributed by atoms with Crippen molar-refractivity contribution in [3.8, 4) is 0 Å². The molecule has 0 N–H and O–H groups in total. The van der Waals surface area contributed by atoms with Crippen LogP contribution in [0.2, 0.25) is 0 Å². The number of aryl methyl sites for hydroxylation is 3. The topological polar surface area (TPSA) is 34.1 Å². The second-order valence-electron chi connectivity index (χ2n) is 3.05. The lowest BCUT2D eigenvalue weighted by atomic mass is 10.0. The molecule has 0 spiro atoms. The van der Waals surface area contributed by atoms with E-state index in [-0.39, 0.29) is 5.24 Å². The van der Waals surface area contributed by atoms with Gasteiger partial charge in [-0.25, -0.2) is 0 Å². The Morgan fingerprint density at radius 2 is 1.50 bits per heavy atom. The third-order valence-electron chi connectivity index (χ3n) is 1.87. The predicted molar refractivity (Wildman–Crippen MR) is 59.8 cm³/mol. The highest BCUT2D eigenvalue weighted by Gasteiger charge is 2.09. The largest absolute Gasteiger partial charge is 0.279 e. The molecule has 1 aromatic rings. The van der Waals surface area contributed by atoms with E-state index in [0.29, 0.717) is 5.56 Å². The summed E-state index contributed by atoms with van der Waals surface area (Å²) in [7, 11) is 1.72. The molecule has 14 heavy (non-hydrogen) atoms. The van der Waals surface area contributed by atoms with E-state index < -0.39 is 0 Å². The van der Waals surface area contributed by atoms with Crippen molar-refractivity contribution in [3.63, 3.8) is 0 Å². The van der Waals surface area contributed by atoms with Crippen LogP contribution < -0.4 is 0 Å². The Balaban J connectivity index is 0.000000791. The molecule has 76 valence electrons. The zero-order valence-corrected chi connectivity index (χ0v) is 10.1. The van der Waals surface area contributed by atoms with Gasteiger partial charge >= 0.3 is 0 Å². The van der Waals surface area contributed by atoms with Gasteiger partial charge in [0.25, 0.3) is 5.24 Å². The summed E-state index contributed by atoms with van der Waals surface area (Å²) in [6.07, 6.45) is 0. The summed E-state index contributed by atoms with van der Waals surface area (Å²) < 4.78 is 8.06. The molecule has 0 amide bonds. The van der Waals surface area contributed by atoms with E-state index in [1.165, 1.54) is 0 Å². The van der Waals surface area contributed by atoms with E-state index in [0.717, 1.165) is 16.7 Å². The Morgan fingerprint density at radius 3 is 1.79 bits per heavy atom. The minimum Gasteiger partial charge on any atom is -0.279 e. The molecule has 1 rings (SSSR count). The maximum absolute atomic E-state index is 11.0. The molecule has 0 saturated carbocycles. The molecule has 2 nitrogen and oxygen atoms in total. The van der Waals surface area contributed by atoms with Crippen LogP contribution in [0.5, 0.6) is 0 Å². The molecule has 4 heteroatoms. The van der Waals surface area contributed by atoms with E-state index in [1.54, 1.807) is 9.12 Å². The van der Waals surface area contributed by atoms with Crippen molar-refractivity contribution in [1.29, 1.82) is 0 Å². The highest BCUT2D eigenvalue weighted by Crippen LogP contribution is 2.17. The third kappa shape index (κ3) is 3.21. The third-order valence-corrected chi connectivity index (χ3v) is 2.06. The van der Waals surface area contributed by atoms with Gasteiger partial charge in [-0.2, -0.15) is 0 Å². The SMILES string of the molecule is Cc1cc(C)c(C(=O)Cl)c(C)c1.O=P. The molecule has 0 aliphatic carbocycles. The predicted octanol–water partition coefficient (Wildman–Crippen LogP) is 3.47. The average molecular weight is 231 g/mol. The van der Waals surface area contributed by atoms with Crippen LogP contribution in [-0.2, 0) is 4.57 Å². The van der Waals surface area contributed by atoms with Crippen LogP contribution in [0.15, 0.2) is 12.1 Å². The normalized spacial score (nSPS) is 8.86. The second-order valence-corrected chi connectivity index (χ2v) is 3.39. The first kappa shape index (κ1) is 13.3. The maximum atomic E-state index is 11.0. The van der Waals surface area contributed by atoms with E-state index in [9.17, 15) is 4.79 Å². The fraction of sp³-hybridized carbons (Fsp3) is 0.300. The summed E-state index contributed by atoms with van der Waals surface area (Å²) in [5.74, 6) is 0. The summed E-state index contributed by atoms with van der Waals surface area (Å²) in [6.45, 7) is 5.80. The molecular weight excluding hydrogens is 219 g/mol. The highest BCUT2D eigenvalue weighted by molar-refractivity contribution is 7.00. The van der Waals surface area contributed by atoms with Gasteiger partial charge in [-0.1, -0.05) is 17.7 Å². The van der Waals surface area contributed by atoms with Crippen LogP contribution in [-0.4, -0.2) is 5.24 Å². The number of carbonyl (C=O) groups is 1. The number of hydrogen-bond acceptors (Lipinski definition) is 2. The molecule has 0 fully saturated rings. The molecule has 0 saturated heterocycles. The molecule has 0 aromatic heterocycles. The van der Waals surface area contributed by atoms with Gasteiger partial charge in [0.05, 0.1) is 0 Å². The quantitative estimate of drug-likeness (QED) is 0.547. The Hall–Kier alpha value is -0.720. The van der Waals surface area contributed by atoms with Crippen molar-refractivity contribution in [2.45, 2.75) is 20.8 Å². The molecule has 0 radical (unpaired) electrons. The average Bonchev–Trinajstić information content (AvgIpc) is 2.04. The fourth-order valence-electron chi connectivity index (χ4n) is 1.49. The van der Waals surface area contributed by atoms with Crippen LogP contribution in [0.4, 0.5) is 0 Å². The van der Waals surface area contributed by atoms with Gasteiger partial charge in [0, 0.05) is 5.56 Å². The van der Waals surface area contributed by atoms with Gasteiger partial charge in [0.15, 0.2) is 0 Å². The molecule has 0 aliphatic rings. The van der Waals surface area contributed by atoms with Crippen molar-refractivity contribution in [3.05, 3.63) is 34.4 Å². The first-order valence-corrected chi connectivity index (χ1v) is 4.79. The summed E-state index contributed by atoms with van der Waals surface area (Å²) in [6, 6.07) is 3.92. The molecule has 0 aliphatic heterocycles. The van der Waals surface area contributed by atoms with E-state index >= 15 is 0 Å². The molecule has 0 heterocycles. The van der Waals surface area contributed by atoms with Crippen LogP contribution >= 0.6 is 20.7 Å². The Morgan fingerprint density at radius 1 is 1.14 bits per heavy atom. The van der Waals surface area contributed by atoms with Crippen molar-refractivity contribution in [2.75, 3.05) is 0 Å². The highest BCUT2D eigenvalue weighted by atomic mass is 35.5. The van der Waals surface area contributed by atoms with Crippen LogP contribution in [0.1, 0.15) is 27.0 Å². The van der Waals surface area contributed by atoms with Crippen molar-refractivity contribution in [1.82, 2.24) is 0 Å². The number of halogens is 1. The van der Waals surface area contributed by atoms with Crippen molar-refractivity contribution in [2.24, 2.45) is 0 Å². The van der Waals surface area contributed by atoms with Crippen LogP contribution in [0.25, 0.3) is 0 Å². The van der Waals surface area contributed by atoms with E-state index in [4.69, 9.17) is 16.2 Å². The van der Waals surface area contributed by atoms with Gasteiger partial charge in [0.1, 0.15) is 9.12 Å². The summed E-state index contributed by atoms with van der Waals surface area (Å²) >= 11 is 5.43. The van der Waals surface area contributed by atoms with Gasteiger partial charge in [0.2, 0.25) is 0 Å². The van der Waals surface area contributed by atoms with Gasteiger partial charge in [-0.05, 0) is 43.5 Å². The van der Waals surface area contributed by atoms with E-state index in [2.05, 4.69) is 0 Å². The zero-order chi connectivity index (χ0) is 11.3.